The van der Waals surface area contributed by atoms with Crippen molar-refractivity contribution in [3.05, 3.63) is 4.91 Å². The van der Waals surface area contributed by atoms with Crippen molar-refractivity contribution in [1.82, 2.24) is 10.3 Å². The lowest BCUT2D eigenvalue weighted by Crippen LogP contribution is -2.57. The van der Waals surface area contributed by atoms with Crippen molar-refractivity contribution in [3.63, 3.8) is 0 Å². The second-order valence-electron chi connectivity index (χ2n) is 4.23. The van der Waals surface area contributed by atoms with E-state index < -0.39 is 24.5 Å². The van der Waals surface area contributed by atoms with Crippen LogP contribution < -0.4 is 5.32 Å². The number of alkyl halides is 1. The Labute approximate surface area is 115 Å². The van der Waals surface area contributed by atoms with E-state index in [4.69, 9.17) is 21.1 Å². The summed E-state index contributed by atoms with van der Waals surface area (Å²) in [5.74, 6) is 0.0899. The maximum absolute atomic E-state index is 11.7. The molecule has 0 aromatic carbocycles. The van der Waals surface area contributed by atoms with Crippen LogP contribution in [0.3, 0.4) is 0 Å². The van der Waals surface area contributed by atoms with E-state index in [-0.39, 0.29) is 18.5 Å². The van der Waals surface area contributed by atoms with E-state index in [1.165, 1.54) is 7.11 Å². The van der Waals surface area contributed by atoms with Crippen LogP contribution in [0.15, 0.2) is 5.29 Å². The van der Waals surface area contributed by atoms with Gasteiger partial charge in [-0.25, -0.2) is 4.79 Å². The van der Waals surface area contributed by atoms with Gasteiger partial charge in [0.2, 0.25) is 0 Å². The third-order valence-corrected chi connectivity index (χ3v) is 2.98. The smallest absolute Gasteiger partial charge is 0.340 e. The van der Waals surface area contributed by atoms with Crippen molar-refractivity contribution >= 4 is 17.6 Å². The summed E-state index contributed by atoms with van der Waals surface area (Å²) >= 11 is 5.45. The Morgan fingerprint density at radius 1 is 1.68 bits per heavy atom. The molecule has 1 aliphatic heterocycles. The van der Waals surface area contributed by atoms with E-state index in [2.05, 4.69) is 10.6 Å². The zero-order valence-electron chi connectivity index (χ0n) is 10.8. The molecule has 2 N–H and O–H groups in total. The summed E-state index contributed by atoms with van der Waals surface area (Å²) in [5.41, 5.74) is 0. The molecule has 0 unspecified atom stereocenters. The van der Waals surface area contributed by atoms with Crippen LogP contribution in [-0.4, -0.2) is 60.2 Å². The lowest BCUT2D eigenvalue weighted by molar-refractivity contribution is -0.232. The summed E-state index contributed by atoms with van der Waals surface area (Å²) in [6.45, 7) is 1.80. The molecule has 1 heterocycles. The van der Waals surface area contributed by atoms with Crippen molar-refractivity contribution in [2.24, 2.45) is 5.29 Å². The first kappa shape index (κ1) is 16.1. The van der Waals surface area contributed by atoms with E-state index >= 15 is 0 Å². The molecule has 1 aliphatic rings. The molecule has 0 spiro atoms. The molecular formula is C10H18ClN3O5. The minimum absolute atomic E-state index is 0.000532. The number of aliphatic hydroxyl groups is 1. The highest BCUT2D eigenvalue weighted by Crippen LogP contribution is 2.20. The monoisotopic (exact) mass is 295 g/mol. The number of rotatable bonds is 5. The first-order valence-corrected chi connectivity index (χ1v) is 6.40. The quantitative estimate of drug-likeness (QED) is 0.435. The number of hydrogen-bond acceptors (Lipinski definition) is 6. The van der Waals surface area contributed by atoms with Crippen LogP contribution in [0.4, 0.5) is 4.79 Å². The van der Waals surface area contributed by atoms with E-state index in [9.17, 15) is 14.8 Å². The summed E-state index contributed by atoms with van der Waals surface area (Å²) in [6.07, 6.45) is -1.63. The molecule has 1 fully saturated rings. The van der Waals surface area contributed by atoms with Gasteiger partial charge in [0.25, 0.3) is 0 Å². The normalized spacial score (nSPS) is 30.7. The van der Waals surface area contributed by atoms with Gasteiger partial charge in [0.05, 0.1) is 24.0 Å². The Balaban J connectivity index is 2.63. The highest BCUT2D eigenvalue weighted by atomic mass is 35.5. The van der Waals surface area contributed by atoms with E-state index in [0.29, 0.717) is 11.4 Å². The number of carbonyl (C=O) groups excluding carboxylic acids is 1. The van der Waals surface area contributed by atoms with E-state index in [1.54, 1.807) is 6.92 Å². The second-order valence-corrected chi connectivity index (χ2v) is 4.60. The number of nitrogens with one attached hydrogen (secondary N) is 1. The summed E-state index contributed by atoms with van der Waals surface area (Å²) in [4.78, 5) is 22.2. The number of nitroso groups, excluding NO2 is 1. The maximum Gasteiger partial charge on any atom is 0.340 e. The molecule has 110 valence electrons. The van der Waals surface area contributed by atoms with Gasteiger partial charge in [0.15, 0.2) is 6.29 Å². The molecule has 4 atom stereocenters. The molecule has 0 radical (unpaired) electrons. The third kappa shape index (κ3) is 4.27. The van der Waals surface area contributed by atoms with Crippen LogP contribution in [-0.2, 0) is 9.47 Å². The van der Waals surface area contributed by atoms with Gasteiger partial charge < -0.3 is 19.9 Å². The Morgan fingerprint density at radius 2 is 2.37 bits per heavy atom. The van der Waals surface area contributed by atoms with Crippen LogP contribution in [0.25, 0.3) is 0 Å². The average Bonchev–Trinajstić information content (AvgIpc) is 2.39. The lowest BCUT2D eigenvalue weighted by atomic mass is 10.0. The summed E-state index contributed by atoms with van der Waals surface area (Å²) in [5, 5.41) is 15.7. The summed E-state index contributed by atoms with van der Waals surface area (Å²) in [7, 11) is 1.40. The van der Waals surface area contributed by atoms with Crippen LogP contribution in [0, 0.1) is 4.91 Å². The first-order valence-electron chi connectivity index (χ1n) is 5.87. The van der Waals surface area contributed by atoms with Crippen LogP contribution in [0.2, 0.25) is 0 Å². The molecule has 8 nitrogen and oxygen atoms in total. The average molecular weight is 296 g/mol. The molecular weight excluding hydrogens is 278 g/mol. The maximum atomic E-state index is 11.7. The third-order valence-electron chi connectivity index (χ3n) is 2.81. The molecule has 0 bridgehead atoms. The SMILES string of the molecule is CO[C@H]1O[C@H](C)C[C@H](NC(=O)N(CCCl)N=O)[C@H]1O. The molecule has 0 aliphatic carbocycles. The highest BCUT2D eigenvalue weighted by molar-refractivity contribution is 6.18. The first-order chi connectivity index (χ1) is 9.03. The number of carbonyl (C=O) groups is 1. The minimum atomic E-state index is -1.02. The van der Waals surface area contributed by atoms with Crippen LogP contribution in [0.1, 0.15) is 13.3 Å². The van der Waals surface area contributed by atoms with Gasteiger partial charge >= 0.3 is 6.03 Å². The van der Waals surface area contributed by atoms with Crippen molar-refractivity contribution in [3.8, 4) is 0 Å². The summed E-state index contributed by atoms with van der Waals surface area (Å²) < 4.78 is 10.3. The summed E-state index contributed by atoms with van der Waals surface area (Å²) in [6, 6.07) is -1.29. The van der Waals surface area contributed by atoms with Gasteiger partial charge in [0, 0.05) is 13.0 Å². The Morgan fingerprint density at radius 3 is 2.89 bits per heavy atom. The number of ether oxygens (including phenoxy) is 2. The van der Waals surface area contributed by atoms with Gasteiger partial charge in [-0.15, -0.1) is 16.5 Å². The molecule has 0 aromatic rings. The second kappa shape index (κ2) is 7.59. The number of amides is 2. The van der Waals surface area contributed by atoms with Gasteiger partial charge in [-0.1, -0.05) is 0 Å². The number of urea groups is 1. The van der Waals surface area contributed by atoms with Crippen LogP contribution >= 0.6 is 11.6 Å². The topological polar surface area (TPSA) is 100 Å². The van der Waals surface area contributed by atoms with Gasteiger partial charge in [-0.3, -0.25) is 0 Å². The van der Waals surface area contributed by atoms with Crippen molar-refractivity contribution < 1.29 is 19.4 Å². The zero-order valence-corrected chi connectivity index (χ0v) is 11.5. The fraction of sp³-hybridized carbons (Fsp3) is 0.900. The molecule has 0 aromatic heterocycles. The minimum Gasteiger partial charge on any atom is -0.386 e. The molecule has 2 amide bonds. The predicted octanol–water partition coefficient (Wildman–Crippen LogP) is 0.429. The Hall–Kier alpha value is -0.960. The fourth-order valence-electron chi connectivity index (χ4n) is 1.88. The number of methoxy groups -OCH3 is 1. The number of hydrogen-bond donors (Lipinski definition) is 2. The lowest BCUT2D eigenvalue weighted by Gasteiger charge is -2.37. The zero-order chi connectivity index (χ0) is 14.4. The molecule has 1 saturated heterocycles. The van der Waals surface area contributed by atoms with Gasteiger partial charge in [-0.05, 0) is 13.3 Å². The number of halogens is 1. The van der Waals surface area contributed by atoms with Crippen LogP contribution in [0.5, 0.6) is 0 Å². The Bertz CT molecular complexity index is 320. The van der Waals surface area contributed by atoms with E-state index in [1.807, 2.05) is 0 Å². The fourth-order valence-corrected chi connectivity index (χ4v) is 2.04. The Kier molecular flexibility index (Phi) is 6.43. The largest absolute Gasteiger partial charge is 0.386 e. The molecule has 0 saturated carbocycles. The molecule has 9 heteroatoms. The molecule has 1 rings (SSSR count). The van der Waals surface area contributed by atoms with E-state index in [0.717, 1.165) is 0 Å². The van der Waals surface area contributed by atoms with Crippen molar-refractivity contribution in [2.75, 3.05) is 19.5 Å². The van der Waals surface area contributed by atoms with Gasteiger partial charge in [0.1, 0.15) is 6.10 Å². The predicted molar refractivity (Wildman–Crippen MR) is 67.5 cm³/mol. The standard InChI is InChI=1S/C10H18ClN3O5/c1-6-5-7(8(15)9(18-2)19-6)12-10(16)14(13-17)4-3-11/h6-9,15H,3-5H2,1-2H3,(H,12,16)/t6-,7+,8-,9+/m1/s1. The van der Waals surface area contributed by atoms with Crippen molar-refractivity contribution in [1.29, 1.82) is 0 Å². The number of nitrogens with zero attached hydrogens (tertiary/aromatic N) is 2. The highest BCUT2D eigenvalue weighted by Gasteiger charge is 2.37. The van der Waals surface area contributed by atoms with Gasteiger partial charge in [-0.2, -0.15) is 5.01 Å². The number of aliphatic hydroxyl groups excluding tert-OH is 1. The van der Waals surface area contributed by atoms with Crippen molar-refractivity contribution in [2.45, 2.75) is 37.9 Å². The molecule has 19 heavy (non-hydrogen) atoms.